The predicted molar refractivity (Wildman–Crippen MR) is 63.4 cm³/mol. The van der Waals surface area contributed by atoms with Crippen LogP contribution in [0.4, 0.5) is 5.82 Å². The molecule has 0 fully saturated rings. The van der Waals surface area contributed by atoms with E-state index in [1.807, 2.05) is 13.0 Å². The van der Waals surface area contributed by atoms with Gasteiger partial charge in [-0.2, -0.15) is 4.98 Å². The van der Waals surface area contributed by atoms with E-state index in [1.165, 1.54) is 11.8 Å². The molecule has 0 aliphatic heterocycles. The molecule has 2 rings (SSSR count). The van der Waals surface area contributed by atoms with Gasteiger partial charge in [0.1, 0.15) is 0 Å². The Morgan fingerprint density at radius 2 is 2.31 bits per heavy atom. The van der Waals surface area contributed by atoms with E-state index in [-0.39, 0.29) is 11.0 Å². The first kappa shape index (κ1) is 11.0. The summed E-state index contributed by atoms with van der Waals surface area (Å²) < 4.78 is 0. The molecule has 0 saturated carbocycles. The highest BCUT2D eigenvalue weighted by Crippen LogP contribution is 2.25. The number of hydrogen-bond acceptors (Lipinski definition) is 4. The number of halogens is 1. The van der Waals surface area contributed by atoms with Crippen molar-refractivity contribution in [3.05, 3.63) is 34.9 Å². The summed E-state index contributed by atoms with van der Waals surface area (Å²) in [6, 6.07) is 0. The van der Waals surface area contributed by atoms with Gasteiger partial charge in [-0.05, 0) is 43.0 Å². The molecule has 0 amide bonds. The SMILES string of the molecule is CC1=C(Nc2nc(Cl)ncc2O)C=CCC1. The van der Waals surface area contributed by atoms with Crippen molar-refractivity contribution in [2.24, 2.45) is 0 Å². The molecular weight excluding hydrogens is 226 g/mol. The Kier molecular flexibility index (Phi) is 3.10. The smallest absolute Gasteiger partial charge is 0.224 e. The molecule has 0 aromatic carbocycles. The fraction of sp³-hybridized carbons (Fsp3) is 0.273. The molecule has 16 heavy (non-hydrogen) atoms. The molecule has 0 unspecified atom stereocenters. The van der Waals surface area contributed by atoms with Gasteiger partial charge in [-0.1, -0.05) is 6.08 Å². The van der Waals surface area contributed by atoms with Gasteiger partial charge in [0.05, 0.1) is 6.20 Å². The fourth-order valence-corrected chi connectivity index (χ4v) is 1.63. The third kappa shape index (κ3) is 2.33. The van der Waals surface area contributed by atoms with Crippen LogP contribution in [-0.2, 0) is 0 Å². The minimum absolute atomic E-state index is 0.0105. The highest BCUT2D eigenvalue weighted by molar-refractivity contribution is 6.28. The standard InChI is InChI=1S/C11H12ClN3O/c1-7-4-2-3-5-8(7)14-10-9(16)6-13-11(12)15-10/h3,5-6,16H,2,4H2,1H3,(H,13,14,15). The van der Waals surface area contributed by atoms with E-state index in [4.69, 9.17) is 11.6 Å². The quantitative estimate of drug-likeness (QED) is 0.777. The van der Waals surface area contributed by atoms with Gasteiger partial charge in [0.25, 0.3) is 0 Å². The molecule has 0 saturated heterocycles. The van der Waals surface area contributed by atoms with Crippen LogP contribution in [0.15, 0.2) is 29.6 Å². The molecule has 0 bridgehead atoms. The fourth-order valence-electron chi connectivity index (χ4n) is 1.50. The number of hydrogen-bond donors (Lipinski definition) is 2. The van der Waals surface area contributed by atoms with Crippen molar-refractivity contribution in [2.45, 2.75) is 19.8 Å². The first-order valence-electron chi connectivity index (χ1n) is 5.01. The Hall–Kier alpha value is -1.55. The second-order valence-electron chi connectivity index (χ2n) is 3.63. The zero-order chi connectivity index (χ0) is 11.5. The number of allylic oxidation sites excluding steroid dienone is 3. The van der Waals surface area contributed by atoms with Crippen LogP contribution in [0.2, 0.25) is 5.28 Å². The molecule has 84 valence electrons. The second-order valence-corrected chi connectivity index (χ2v) is 3.97. The first-order valence-corrected chi connectivity index (χ1v) is 5.39. The minimum atomic E-state index is -0.0105. The molecule has 1 heterocycles. The summed E-state index contributed by atoms with van der Waals surface area (Å²) >= 11 is 5.66. The monoisotopic (exact) mass is 237 g/mol. The van der Waals surface area contributed by atoms with Crippen LogP contribution in [-0.4, -0.2) is 15.1 Å². The topological polar surface area (TPSA) is 58.0 Å². The van der Waals surface area contributed by atoms with Crippen molar-refractivity contribution >= 4 is 17.4 Å². The number of rotatable bonds is 2. The van der Waals surface area contributed by atoms with Gasteiger partial charge < -0.3 is 10.4 Å². The summed E-state index contributed by atoms with van der Waals surface area (Å²) in [6.45, 7) is 2.05. The van der Waals surface area contributed by atoms with Crippen molar-refractivity contribution in [1.82, 2.24) is 9.97 Å². The van der Waals surface area contributed by atoms with Crippen molar-refractivity contribution < 1.29 is 5.11 Å². The highest BCUT2D eigenvalue weighted by Gasteiger charge is 2.09. The summed E-state index contributed by atoms with van der Waals surface area (Å²) in [5.41, 5.74) is 2.19. The normalized spacial score (nSPS) is 15.4. The van der Waals surface area contributed by atoms with Gasteiger partial charge in [-0.25, -0.2) is 4.98 Å². The molecule has 5 heteroatoms. The van der Waals surface area contributed by atoms with E-state index in [2.05, 4.69) is 21.4 Å². The van der Waals surface area contributed by atoms with Gasteiger partial charge in [-0.15, -0.1) is 0 Å². The van der Waals surface area contributed by atoms with Crippen molar-refractivity contribution in [1.29, 1.82) is 0 Å². The van der Waals surface area contributed by atoms with Crippen molar-refractivity contribution in [3.8, 4) is 5.75 Å². The van der Waals surface area contributed by atoms with Crippen LogP contribution < -0.4 is 5.32 Å². The lowest BCUT2D eigenvalue weighted by Crippen LogP contribution is -2.05. The number of aromatic nitrogens is 2. The van der Waals surface area contributed by atoms with Gasteiger partial charge in [-0.3, -0.25) is 0 Å². The number of aromatic hydroxyl groups is 1. The number of anilines is 1. The Morgan fingerprint density at radius 3 is 3.06 bits per heavy atom. The van der Waals surface area contributed by atoms with E-state index in [0.717, 1.165) is 18.5 Å². The molecule has 0 spiro atoms. The summed E-state index contributed by atoms with van der Waals surface area (Å²) in [4.78, 5) is 7.61. The van der Waals surface area contributed by atoms with Crippen molar-refractivity contribution in [3.63, 3.8) is 0 Å². The van der Waals surface area contributed by atoms with E-state index in [0.29, 0.717) is 5.82 Å². The maximum atomic E-state index is 9.56. The van der Waals surface area contributed by atoms with Crippen LogP contribution in [0.1, 0.15) is 19.8 Å². The molecule has 1 aliphatic rings. The van der Waals surface area contributed by atoms with Gasteiger partial charge >= 0.3 is 0 Å². The molecule has 2 N–H and O–H groups in total. The summed E-state index contributed by atoms with van der Waals surface area (Å²) in [5.74, 6) is 0.324. The average Bonchev–Trinajstić information content (AvgIpc) is 2.27. The maximum Gasteiger partial charge on any atom is 0.224 e. The van der Waals surface area contributed by atoms with Gasteiger partial charge in [0, 0.05) is 5.70 Å². The summed E-state index contributed by atoms with van der Waals surface area (Å²) in [7, 11) is 0. The molecule has 0 radical (unpaired) electrons. The van der Waals surface area contributed by atoms with Crippen LogP contribution in [0, 0.1) is 0 Å². The minimum Gasteiger partial charge on any atom is -0.503 e. The summed E-state index contributed by atoms with van der Waals surface area (Å²) in [5, 5.41) is 12.7. The zero-order valence-corrected chi connectivity index (χ0v) is 9.62. The molecule has 1 aliphatic carbocycles. The van der Waals surface area contributed by atoms with E-state index < -0.39 is 0 Å². The summed E-state index contributed by atoms with van der Waals surface area (Å²) in [6.07, 6.45) is 7.40. The lowest BCUT2D eigenvalue weighted by atomic mass is 10.0. The Bertz CT molecular complexity index is 468. The largest absolute Gasteiger partial charge is 0.503 e. The third-order valence-electron chi connectivity index (χ3n) is 2.42. The van der Waals surface area contributed by atoms with Crippen LogP contribution in [0.5, 0.6) is 5.75 Å². The number of nitrogens with zero attached hydrogens (tertiary/aromatic N) is 2. The number of nitrogens with one attached hydrogen (secondary N) is 1. The lowest BCUT2D eigenvalue weighted by molar-refractivity contribution is 0.472. The van der Waals surface area contributed by atoms with Crippen LogP contribution in [0.3, 0.4) is 0 Å². The molecule has 1 aromatic rings. The lowest BCUT2D eigenvalue weighted by Gasteiger charge is -2.14. The molecule has 1 aromatic heterocycles. The second kappa shape index (κ2) is 4.53. The van der Waals surface area contributed by atoms with Crippen LogP contribution in [0.25, 0.3) is 0 Å². The zero-order valence-electron chi connectivity index (χ0n) is 8.87. The Labute approximate surface area is 98.7 Å². The van der Waals surface area contributed by atoms with E-state index >= 15 is 0 Å². The first-order chi connectivity index (χ1) is 7.66. The molecule has 4 nitrogen and oxygen atoms in total. The Morgan fingerprint density at radius 1 is 1.50 bits per heavy atom. The molecule has 0 atom stereocenters. The third-order valence-corrected chi connectivity index (χ3v) is 2.61. The van der Waals surface area contributed by atoms with Gasteiger partial charge in [0.15, 0.2) is 11.6 Å². The maximum absolute atomic E-state index is 9.56. The molecular formula is C11H12ClN3O. The van der Waals surface area contributed by atoms with E-state index in [1.54, 1.807) is 0 Å². The average molecular weight is 238 g/mol. The van der Waals surface area contributed by atoms with E-state index in [9.17, 15) is 5.11 Å². The van der Waals surface area contributed by atoms with Crippen LogP contribution >= 0.6 is 11.6 Å². The highest BCUT2D eigenvalue weighted by atomic mass is 35.5. The predicted octanol–water partition coefficient (Wildman–Crippen LogP) is 2.87. The Balaban J connectivity index is 2.27. The van der Waals surface area contributed by atoms with Crippen molar-refractivity contribution in [2.75, 3.05) is 5.32 Å². The van der Waals surface area contributed by atoms with Gasteiger partial charge in [0.2, 0.25) is 5.28 Å².